The molecule has 1 aliphatic carbocycles. The van der Waals surface area contributed by atoms with Crippen LogP contribution in [0.25, 0.3) is 0 Å². The molecular formula is C14H14INO3. The fourth-order valence-electron chi connectivity index (χ4n) is 2.06. The molecule has 1 atom stereocenters. The molecule has 0 fully saturated rings. The van der Waals surface area contributed by atoms with Crippen LogP contribution in [0.3, 0.4) is 0 Å². The number of halogens is 1. The maximum Gasteiger partial charge on any atom is 0.335 e. The van der Waals surface area contributed by atoms with Crippen LogP contribution in [0, 0.1) is 9.49 Å². The number of hydrogen-bond donors (Lipinski definition) is 2. The van der Waals surface area contributed by atoms with Crippen LogP contribution in [0.1, 0.15) is 29.6 Å². The van der Waals surface area contributed by atoms with E-state index in [1.807, 2.05) is 0 Å². The normalized spacial score (nSPS) is 17.4. The molecule has 0 aromatic heterocycles. The predicted molar refractivity (Wildman–Crippen MR) is 81.2 cm³/mol. The van der Waals surface area contributed by atoms with Crippen molar-refractivity contribution in [3.8, 4) is 0 Å². The van der Waals surface area contributed by atoms with Gasteiger partial charge in [0.15, 0.2) is 0 Å². The number of rotatable bonds is 4. The number of nitrogens with one attached hydrogen (secondary N) is 1. The molecule has 1 unspecified atom stereocenters. The first-order valence-electron chi connectivity index (χ1n) is 6.05. The van der Waals surface area contributed by atoms with Gasteiger partial charge in [0.05, 0.1) is 11.3 Å². The topological polar surface area (TPSA) is 66.4 Å². The van der Waals surface area contributed by atoms with Crippen LogP contribution < -0.4 is 5.32 Å². The highest BCUT2D eigenvalue weighted by atomic mass is 127. The van der Waals surface area contributed by atoms with Crippen molar-refractivity contribution in [3.63, 3.8) is 0 Å². The lowest BCUT2D eigenvalue weighted by Crippen LogP contribution is -2.16. The van der Waals surface area contributed by atoms with E-state index in [-0.39, 0.29) is 11.5 Å². The minimum Gasteiger partial charge on any atom is -0.478 e. The molecule has 0 radical (unpaired) electrons. The SMILES string of the molecule is O=C(CC1C=CCC1)Nc1cc(C(=O)O)ccc1I. The number of amides is 1. The molecule has 2 N–H and O–H groups in total. The number of anilines is 1. The van der Waals surface area contributed by atoms with Gasteiger partial charge in [0, 0.05) is 9.99 Å². The molecule has 0 bridgehead atoms. The number of allylic oxidation sites excluding steroid dienone is 2. The van der Waals surface area contributed by atoms with Crippen molar-refractivity contribution in [2.45, 2.75) is 19.3 Å². The van der Waals surface area contributed by atoms with E-state index in [2.05, 4.69) is 40.1 Å². The number of carbonyl (C=O) groups is 2. The van der Waals surface area contributed by atoms with Crippen molar-refractivity contribution in [1.82, 2.24) is 0 Å². The highest BCUT2D eigenvalue weighted by molar-refractivity contribution is 14.1. The van der Waals surface area contributed by atoms with Crippen LogP contribution in [0.4, 0.5) is 5.69 Å². The largest absolute Gasteiger partial charge is 0.478 e. The van der Waals surface area contributed by atoms with Gasteiger partial charge in [0.1, 0.15) is 0 Å². The lowest BCUT2D eigenvalue weighted by Gasteiger charge is -2.10. The minimum atomic E-state index is -0.995. The van der Waals surface area contributed by atoms with Gasteiger partial charge in [-0.25, -0.2) is 4.79 Å². The summed E-state index contributed by atoms with van der Waals surface area (Å²) in [5.74, 6) is -0.761. The van der Waals surface area contributed by atoms with Gasteiger partial charge in [-0.05, 0) is 59.5 Å². The summed E-state index contributed by atoms with van der Waals surface area (Å²) < 4.78 is 0.831. The van der Waals surface area contributed by atoms with Crippen LogP contribution >= 0.6 is 22.6 Å². The first kappa shape index (κ1) is 14.0. The Balaban J connectivity index is 2.05. The first-order valence-corrected chi connectivity index (χ1v) is 7.13. The third-order valence-corrected chi connectivity index (χ3v) is 3.99. The lowest BCUT2D eigenvalue weighted by atomic mass is 10.0. The van der Waals surface area contributed by atoms with Gasteiger partial charge in [0.25, 0.3) is 0 Å². The van der Waals surface area contributed by atoms with Crippen molar-refractivity contribution in [2.24, 2.45) is 5.92 Å². The summed E-state index contributed by atoms with van der Waals surface area (Å²) in [6, 6.07) is 4.71. The number of carboxylic acids is 1. The van der Waals surface area contributed by atoms with Crippen molar-refractivity contribution in [3.05, 3.63) is 39.5 Å². The molecule has 0 heterocycles. The molecule has 1 aromatic carbocycles. The minimum absolute atomic E-state index is 0.0722. The second kappa shape index (κ2) is 6.18. The van der Waals surface area contributed by atoms with E-state index in [1.54, 1.807) is 6.07 Å². The monoisotopic (exact) mass is 371 g/mol. The van der Waals surface area contributed by atoms with Gasteiger partial charge >= 0.3 is 5.97 Å². The molecule has 100 valence electrons. The second-order valence-electron chi connectivity index (χ2n) is 4.52. The summed E-state index contributed by atoms with van der Waals surface area (Å²) in [4.78, 5) is 22.8. The third kappa shape index (κ3) is 3.79. The zero-order valence-electron chi connectivity index (χ0n) is 10.2. The molecule has 1 aromatic rings. The number of carbonyl (C=O) groups excluding carboxylic acids is 1. The Hall–Kier alpha value is -1.37. The van der Waals surface area contributed by atoms with Crippen molar-refractivity contribution in [2.75, 3.05) is 5.32 Å². The summed E-state index contributed by atoms with van der Waals surface area (Å²) in [7, 11) is 0. The smallest absolute Gasteiger partial charge is 0.335 e. The molecule has 5 heteroatoms. The Kier molecular flexibility index (Phi) is 4.57. The molecule has 0 saturated heterocycles. The van der Waals surface area contributed by atoms with Crippen LogP contribution in [-0.2, 0) is 4.79 Å². The first-order chi connectivity index (χ1) is 9.06. The molecule has 1 amide bonds. The molecule has 0 aliphatic heterocycles. The predicted octanol–water partition coefficient (Wildman–Crippen LogP) is 3.28. The Morgan fingerprint density at radius 3 is 2.84 bits per heavy atom. The quantitative estimate of drug-likeness (QED) is 0.631. The standard InChI is InChI=1S/C14H14INO3/c15-11-6-5-10(14(18)19)8-12(11)16-13(17)7-9-3-1-2-4-9/h1,3,5-6,8-9H,2,4,7H2,(H,16,17)(H,18,19). The van der Waals surface area contributed by atoms with E-state index in [9.17, 15) is 9.59 Å². The summed E-state index contributed by atoms with van der Waals surface area (Å²) in [5.41, 5.74) is 0.740. The zero-order chi connectivity index (χ0) is 13.8. The van der Waals surface area contributed by atoms with Gasteiger partial charge < -0.3 is 10.4 Å². The Morgan fingerprint density at radius 2 is 2.21 bits per heavy atom. The fraction of sp³-hybridized carbons (Fsp3) is 0.286. The number of benzene rings is 1. The Labute approximate surface area is 125 Å². The Morgan fingerprint density at radius 1 is 1.42 bits per heavy atom. The van der Waals surface area contributed by atoms with Gasteiger partial charge in [-0.3, -0.25) is 4.79 Å². The van der Waals surface area contributed by atoms with E-state index in [1.165, 1.54) is 12.1 Å². The molecule has 1 aliphatic rings. The molecule has 0 saturated carbocycles. The fourth-order valence-corrected chi connectivity index (χ4v) is 2.53. The van der Waals surface area contributed by atoms with E-state index in [4.69, 9.17) is 5.11 Å². The van der Waals surface area contributed by atoms with E-state index in [0.717, 1.165) is 16.4 Å². The molecule has 2 rings (SSSR count). The average molecular weight is 371 g/mol. The van der Waals surface area contributed by atoms with E-state index >= 15 is 0 Å². The molecule has 19 heavy (non-hydrogen) atoms. The number of carboxylic acid groups (broad SMARTS) is 1. The van der Waals surface area contributed by atoms with Crippen LogP contribution in [-0.4, -0.2) is 17.0 Å². The van der Waals surface area contributed by atoms with Crippen molar-refractivity contribution < 1.29 is 14.7 Å². The molecular weight excluding hydrogens is 357 g/mol. The van der Waals surface area contributed by atoms with Gasteiger partial charge in [-0.15, -0.1) is 0 Å². The lowest BCUT2D eigenvalue weighted by molar-refractivity contribution is -0.116. The summed E-state index contributed by atoms with van der Waals surface area (Å²) in [6.45, 7) is 0. The van der Waals surface area contributed by atoms with Gasteiger partial charge in [0.2, 0.25) is 5.91 Å². The molecule has 0 spiro atoms. The second-order valence-corrected chi connectivity index (χ2v) is 5.68. The zero-order valence-corrected chi connectivity index (χ0v) is 12.4. The maximum atomic E-state index is 11.9. The van der Waals surface area contributed by atoms with Crippen molar-refractivity contribution >= 4 is 40.2 Å². The number of hydrogen-bond acceptors (Lipinski definition) is 2. The summed E-state index contributed by atoms with van der Waals surface area (Å²) >= 11 is 2.08. The maximum absolute atomic E-state index is 11.9. The average Bonchev–Trinajstić information content (AvgIpc) is 2.84. The van der Waals surface area contributed by atoms with Gasteiger partial charge in [-0.2, -0.15) is 0 Å². The van der Waals surface area contributed by atoms with Crippen LogP contribution in [0.5, 0.6) is 0 Å². The van der Waals surface area contributed by atoms with E-state index < -0.39 is 5.97 Å². The molecule has 4 nitrogen and oxygen atoms in total. The summed E-state index contributed by atoms with van der Waals surface area (Å²) in [5, 5.41) is 11.7. The Bertz CT molecular complexity index is 539. The highest BCUT2D eigenvalue weighted by Crippen LogP contribution is 2.23. The van der Waals surface area contributed by atoms with Crippen LogP contribution in [0.15, 0.2) is 30.4 Å². The summed E-state index contributed by atoms with van der Waals surface area (Å²) in [6.07, 6.45) is 6.65. The highest BCUT2D eigenvalue weighted by Gasteiger charge is 2.15. The van der Waals surface area contributed by atoms with Gasteiger partial charge in [-0.1, -0.05) is 12.2 Å². The third-order valence-electron chi connectivity index (χ3n) is 3.05. The number of aromatic carboxylic acids is 1. The van der Waals surface area contributed by atoms with Crippen LogP contribution in [0.2, 0.25) is 0 Å². The van der Waals surface area contributed by atoms with E-state index in [0.29, 0.717) is 18.0 Å². The van der Waals surface area contributed by atoms with Crippen molar-refractivity contribution in [1.29, 1.82) is 0 Å².